The van der Waals surface area contributed by atoms with E-state index in [-0.39, 0.29) is 37.7 Å². The van der Waals surface area contributed by atoms with Gasteiger partial charge in [0, 0.05) is 37.7 Å². The maximum atomic E-state index is 2.38. The molecule has 4 rings (SSSR count). The van der Waals surface area contributed by atoms with Crippen molar-refractivity contribution in [1.29, 1.82) is 0 Å². The number of hydrogen-bond donors (Lipinski definition) is 0. The standard InChI is InChI=1S/C10H20.4C6H5.2Li.2Sn/c1-3-5-7-9-10-8-6-4-2;4*1-2-4-6-5-3-1;;;;/h1-10H2;4*1-5H;;;;. The van der Waals surface area contributed by atoms with E-state index in [4.69, 9.17) is 0 Å². The summed E-state index contributed by atoms with van der Waals surface area (Å²) >= 11 is -3.50. The summed E-state index contributed by atoms with van der Waals surface area (Å²) in [4.78, 5) is 0. The predicted molar refractivity (Wildman–Crippen MR) is 174 cm³/mol. The molecule has 0 aliphatic carbocycles. The van der Waals surface area contributed by atoms with Crippen molar-refractivity contribution in [2.45, 2.75) is 60.2 Å². The van der Waals surface area contributed by atoms with Gasteiger partial charge in [0.15, 0.2) is 0 Å². The van der Waals surface area contributed by atoms with Crippen molar-refractivity contribution < 1.29 is 0 Å². The van der Waals surface area contributed by atoms with Gasteiger partial charge in [0.25, 0.3) is 0 Å². The Balaban J connectivity index is 0.00000253. The molecule has 4 aromatic carbocycles. The fourth-order valence-corrected chi connectivity index (χ4v) is 20.6. The van der Waals surface area contributed by atoms with E-state index in [9.17, 15) is 0 Å². The second-order valence-corrected chi connectivity index (χ2v) is 24.7. The summed E-state index contributed by atoms with van der Waals surface area (Å²) in [6.45, 7) is 0. The van der Waals surface area contributed by atoms with Crippen LogP contribution in [0.5, 0.6) is 0 Å². The molecule has 0 nitrogen and oxygen atoms in total. The van der Waals surface area contributed by atoms with E-state index in [2.05, 4.69) is 121 Å². The minimum absolute atomic E-state index is 0. The normalized spacial score (nSPS) is 10.7. The number of rotatable bonds is 15. The molecular formula is C34H40Li2Sn2. The molecule has 0 bridgehead atoms. The molecule has 4 aromatic rings. The molecule has 0 aromatic heterocycles. The monoisotopic (exact) mass is 702 g/mol. The van der Waals surface area contributed by atoms with Crippen LogP contribution in [0.1, 0.15) is 51.4 Å². The third-order valence-corrected chi connectivity index (χ3v) is 23.7. The Morgan fingerprint density at radius 1 is 0.289 bits per heavy atom. The first-order valence-electron chi connectivity index (χ1n) is 13.8. The first-order chi connectivity index (χ1) is 17.9. The van der Waals surface area contributed by atoms with Gasteiger partial charge in [-0.05, 0) is 0 Å². The summed E-state index contributed by atoms with van der Waals surface area (Å²) < 4.78 is 9.51. The third-order valence-electron chi connectivity index (χ3n) is 7.09. The van der Waals surface area contributed by atoms with Gasteiger partial charge in [0.1, 0.15) is 0 Å². The summed E-state index contributed by atoms with van der Waals surface area (Å²) in [7, 11) is 0. The van der Waals surface area contributed by atoms with Gasteiger partial charge in [0.2, 0.25) is 0 Å². The number of unbranched alkanes of at least 4 members (excludes halogenated alkanes) is 7. The molecule has 0 aliphatic heterocycles. The Morgan fingerprint density at radius 3 is 0.737 bits per heavy atom. The van der Waals surface area contributed by atoms with E-state index in [1.54, 1.807) is 14.3 Å². The van der Waals surface area contributed by atoms with Crippen molar-refractivity contribution in [2.24, 2.45) is 0 Å². The van der Waals surface area contributed by atoms with E-state index in [0.29, 0.717) is 0 Å². The molecule has 4 heteroatoms. The summed E-state index contributed by atoms with van der Waals surface area (Å²) in [5, 5.41) is 0. The van der Waals surface area contributed by atoms with Crippen LogP contribution in [0.15, 0.2) is 121 Å². The van der Waals surface area contributed by atoms with E-state index < -0.39 is 39.5 Å². The number of benzene rings is 4. The van der Waals surface area contributed by atoms with Crippen molar-refractivity contribution >= 4 is 91.6 Å². The first kappa shape index (κ1) is 33.9. The topological polar surface area (TPSA) is 0 Å². The third kappa shape index (κ3) is 11.6. The minimum atomic E-state index is -1.75. The average molecular weight is 700 g/mol. The Kier molecular flexibility index (Phi) is 18.3. The molecule has 0 fully saturated rings. The average Bonchev–Trinajstić information content (AvgIpc) is 2.96. The molecule has 0 aliphatic rings. The van der Waals surface area contributed by atoms with Crippen LogP contribution in [0.4, 0.5) is 0 Å². The molecule has 0 heterocycles. The van der Waals surface area contributed by atoms with Crippen LogP contribution >= 0.6 is 0 Å². The summed E-state index contributed by atoms with van der Waals surface area (Å²) in [6, 6.07) is 45.5. The van der Waals surface area contributed by atoms with Crippen LogP contribution in [0.25, 0.3) is 0 Å². The molecule has 0 saturated carbocycles. The van der Waals surface area contributed by atoms with Gasteiger partial charge in [-0.15, -0.1) is 0 Å². The molecule has 186 valence electrons. The van der Waals surface area contributed by atoms with Gasteiger partial charge in [-0.1, -0.05) is 0 Å². The Morgan fingerprint density at radius 2 is 0.500 bits per heavy atom. The van der Waals surface area contributed by atoms with Crippen molar-refractivity contribution in [1.82, 2.24) is 0 Å². The first-order valence-corrected chi connectivity index (χ1v) is 23.6. The maximum absolute atomic E-state index is 2.38. The fourth-order valence-electron chi connectivity index (χ4n) is 5.13. The second-order valence-electron chi connectivity index (χ2n) is 9.75. The second kappa shape index (κ2) is 20.5. The van der Waals surface area contributed by atoms with E-state index in [0.717, 1.165) is 0 Å². The zero-order valence-electron chi connectivity index (χ0n) is 23.6. The van der Waals surface area contributed by atoms with Crippen LogP contribution in [-0.2, 0) is 0 Å². The zero-order valence-corrected chi connectivity index (χ0v) is 29.3. The Bertz CT molecular complexity index is 922. The predicted octanol–water partition coefficient (Wildman–Crippen LogP) is 5.96. The van der Waals surface area contributed by atoms with Gasteiger partial charge in [-0.3, -0.25) is 0 Å². The Hall–Kier alpha value is -0.328. The van der Waals surface area contributed by atoms with Gasteiger partial charge in [0.05, 0.1) is 0 Å². The van der Waals surface area contributed by atoms with Gasteiger partial charge < -0.3 is 0 Å². The molecule has 0 atom stereocenters. The van der Waals surface area contributed by atoms with Crippen molar-refractivity contribution in [3.63, 3.8) is 0 Å². The summed E-state index contributed by atoms with van der Waals surface area (Å²) in [5.41, 5.74) is 0. The molecule has 0 unspecified atom stereocenters. The van der Waals surface area contributed by atoms with Crippen molar-refractivity contribution in [3.8, 4) is 0 Å². The van der Waals surface area contributed by atoms with Crippen molar-refractivity contribution in [2.75, 3.05) is 0 Å². The molecule has 0 spiro atoms. The van der Waals surface area contributed by atoms with E-state index >= 15 is 0 Å². The van der Waals surface area contributed by atoms with Gasteiger partial charge in [-0.25, -0.2) is 0 Å². The molecular weight excluding hydrogens is 660 g/mol. The van der Waals surface area contributed by atoms with Gasteiger partial charge >= 0.3 is 235 Å². The Labute approximate surface area is 270 Å². The zero-order chi connectivity index (χ0) is 24.7. The molecule has 0 N–H and O–H groups in total. The van der Waals surface area contributed by atoms with Crippen LogP contribution in [-0.4, -0.2) is 77.2 Å². The molecule has 38 heavy (non-hydrogen) atoms. The van der Waals surface area contributed by atoms with E-state index in [1.807, 2.05) is 0 Å². The van der Waals surface area contributed by atoms with Gasteiger partial charge in [-0.2, -0.15) is 0 Å². The number of hydrogen-bond acceptors (Lipinski definition) is 0. The van der Waals surface area contributed by atoms with Crippen LogP contribution in [0.2, 0.25) is 8.87 Å². The van der Waals surface area contributed by atoms with Crippen LogP contribution < -0.4 is 14.3 Å². The molecule has 4 radical (unpaired) electrons. The quantitative estimate of drug-likeness (QED) is 0.106. The fraction of sp³-hybridized carbons (Fsp3) is 0.294. The SMILES string of the molecule is [Li].[Li].c1cc[c]([Sn]([CH2]CCCCCCCC[CH2][Sn]([c]2ccccc2)[c]2ccccc2)[c]2ccccc2)cc1. The summed E-state index contributed by atoms with van der Waals surface area (Å²) in [6.07, 6.45) is 11.3. The van der Waals surface area contributed by atoms with E-state index in [1.165, 1.54) is 60.2 Å². The summed E-state index contributed by atoms with van der Waals surface area (Å²) in [5.74, 6) is 0. The molecule has 0 amide bonds. The van der Waals surface area contributed by atoms with Crippen molar-refractivity contribution in [3.05, 3.63) is 121 Å². The molecule has 0 saturated heterocycles. The van der Waals surface area contributed by atoms with Crippen LogP contribution in [0.3, 0.4) is 0 Å². The van der Waals surface area contributed by atoms with Crippen LogP contribution in [0, 0.1) is 0 Å².